The van der Waals surface area contributed by atoms with E-state index in [4.69, 9.17) is 9.84 Å². The molecule has 0 aromatic heterocycles. The molecule has 0 radical (unpaired) electrons. The fourth-order valence-corrected chi connectivity index (χ4v) is 3.50. The van der Waals surface area contributed by atoms with Crippen LogP contribution in [0.4, 0.5) is 0 Å². The fraction of sp³-hybridized carbons (Fsp3) is 0.769. The van der Waals surface area contributed by atoms with Crippen molar-refractivity contribution in [2.45, 2.75) is 56.6 Å². The van der Waals surface area contributed by atoms with Crippen molar-refractivity contribution in [2.75, 3.05) is 6.61 Å². The minimum atomic E-state index is -0.966. The molecule has 0 aromatic rings. The number of thioether (sulfide) groups is 1. The molecule has 108 valence electrons. The summed E-state index contributed by atoms with van der Waals surface area (Å²) in [7, 11) is 0. The molecule has 1 aliphatic rings. The van der Waals surface area contributed by atoms with Crippen molar-refractivity contribution in [1.82, 2.24) is 0 Å². The Hall–Kier alpha value is -1.04. The van der Waals surface area contributed by atoms with Gasteiger partial charge in [0.25, 0.3) is 0 Å². The van der Waals surface area contributed by atoms with E-state index in [1.807, 2.05) is 0 Å². The molecule has 0 aromatic carbocycles. The molecule has 1 aliphatic carbocycles. The van der Waals surface area contributed by atoms with Crippen LogP contribution in [0.25, 0.3) is 0 Å². The molecule has 6 heteroatoms. The van der Waals surface area contributed by atoms with Crippen LogP contribution in [0.15, 0.2) is 0 Å². The number of carboxylic acids is 1. The molecule has 0 bridgehead atoms. The Balaban J connectivity index is 2.55. The van der Waals surface area contributed by atoms with Crippen molar-refractivity contribution < 1.29 is 24.2 Å². The van der Waals surface area contributed by atoms with Gasteiger partial charge in [0.15, 0.2) is 5.12 Å². The second-order valence-corrected chi connectivity index (χ2v) is 6.42. The van der Waals surface area contributed by atoms with Crippen LogP contribution in [-0.2, 0) is 19.1 Å². The average Bonchev–Trinajstić information content (AvgIpc) is 2.35. The lowest BCUT2D eigenvalue weighted by Gasteiger charge is -2.35. The Morgan fingerprint density at radius 1 is 1.16 bits per heavy atom. The summed E-state index contributed by atoms with van der Waals surface area (Å²) in [6.07, 6.45) is 4.72. The number of carbonyl (C=O) groups excluding carboxylic acids is 2. The van der Waals surface area contributed by atoms with Crippen molar-refractivity contribution >= 4 is 28.8 Å². The van der Waals surface area contributed by atoms with Crippen LogP contribution in [-0.4, -0.2) is 33.5 Å². The predicted molar refractivity (Wildman–Crippen MR) is 71.9 cm³/mol. The zero-order valence-electron chi connectivity index (χ0n) is 11.1. The Bertz CT molecular complexity index is 347. The van der Waals surface area contributed by atoms with Crippen molar-refractivity contribution in [1.29, 1.82) is 0 Å². The first-order chi connectivity index (χ1) is 8.93. The molecule has 0 spiro atoms. The maximum Gasteiger partial charge on any atom is 0.303 e. The second-order valence-electron chi connectivity index (χ2n) is 4.89. The average molecular weight is 288 g/mol. The normalized spacial score (nSPS) is 17.7. The van der Waals surface area contributed by atoms with E-state index in [1.165, 1.54) is 18.7 Å². The first-order valence-electron chi connectivity index (χ1n) is 6.50. The quantitative estimate of drug-likeness (QED) is 0.756. The number of carboxylic acid groups (broad SMARTS) is 1. The Kier molecular flexibility index (Phi) is 6.34. The maximum atomic E-state index is 11.8. The van der Waals surface area contributed by atoms with E-state index in [0.717, 1.165) is 32.1 Å². The van der Waals surface area contributed by atoms with E-state index in [0.29, 0.717) is 0 Å². The van der Waals surface area contributed by atoms with E-state index >= 15 is 0 Å². The van der Waals surface area contributed by atoms with Gasteiger partial charge in [-0.3, -0.25) is 14.4 Å². The van der Waals surface area contributed by atoms with Crippen LogP contribution in [0.5, 0.6) is 0 Å². The van der Waals surface area contributed by atoms with Gasteiger partial charge in [0.05, 0.1) is 11.2 Å². The SMILES string of the molecule is CC(=O)OCC1(SC(=O)CCC(=O)O)CCCCC1. The van der Waals surface area contributed by atoms with Crippen molar-refractivity contribution in [2.24, 2.45) is 0 Å². The third-order valence-electron chi connectivity index (χ3n) is 3.18. The lowest BCUT2D eigenvalue weighted by atomic mass is 9.89. The van der Waals surface area contributed by atoms with E-state index in [1.54, 1.807) is 0 Å². The summed E-state index contributed by atoms with van der Waals surface area (Å²) in [5.74, 6) is -1.31. The summed E-state index contributed by atoms with van der Waals surface area (Å²) in [6, 6.07) is 0. The molecular formula is C13H20O5S. The van der Waals surface area contributed by atoms with Crippen molar-refractivity contribution in [3.8, 4) is 0 Å². The van der Waals surface area contributed by atoms with Gasteiger partial charge in [0.2, 0.25) is 0 Å². The molecule has 19 heavy (non-hydrogen) atoms. The predicted octanol–water partition coefficient (Wildman–Crippen LogP) is 2.38. The van der Waals surface area contributed by atoms with Gasteiger partial charge in [-0.25, -0.2) is 0 Å². The smallest absolute Gasteiger partial charge is 0.303 e. The summed E-state index contributed by atoms with van der Waals surface area (Å²) < 4.78 is 4.74. The zero-order chi connectivity index (χ0) is 14.3. The van der Waals surface area contributed by atoms with Crippen LogP contribution in [0.1, 0.15) is 51.9 Å². The van der Waals surface area contributed by atoms with Crippen LogP contribution in [0.2, 0.25) is 0 Å². The standard InChI is InChI=1S/C13H20O5S/c1-10(14)18-9-13(7-3-2-4-8-13)19-12(17)6-5-11(15)16/h2-9H2,1H3,(H,15,16). The minimum absolute atomic E-state index is 0.0296. The van der Waals surface area contributed by atoms with Gasteiger partial charge >= 0.3 is 11.9 Å². The lowest BCUT2D eigenvalue weighted by molar-refractivity contribution is -0.142. The number of aliphatic carboxylic acids is 1. The Morgan fingerprint density at radius 2 is 1.79 bits per heavy atom. The molecule has 1 fully saturated rings. The highest BCUT2D eigenvalue weighted by Crippen LogP contribution is 2.41. The number of carbonyl (C=O) groups is 3. The first-order valence-corrected chi connectivity index (χ1v) is 7.32. The van der Waals surface area contributed by atoms with Gasteiger partial charge in [0, 0.05) is 13.3 Å². The molecular weight excluding hydrogens is 268 g/mol. The number of esters is 1. The molecule has 0 unspecified atom stereocenters. The second kappa shape index (κ2) is 7.53. The van der Waals surface area contributed by atoms with E-state index < -0.39 is 5.97 Å². The highest BCUT2D eigenvalue weighted by molar-refractivity contribution is 8.14. The molecule has 0 heterocycles. The first kappa shape index (κ1) is 16.0. The third kappa shape index (κ3) is 6.09. The summed E-state index contributed by atoms with van der Waals surface area (Å²) in [6.45, 7) is 1.60. The van der Waals surface area contributed by atoms with Gasteiger partial charge in [-0.15, -0.1) is 0 Å². The summed E-state index contributed by atoms with van der Waals surface area (Å²) >= 11 is 1.17. The Morgan fingerprint density at radius 3 is 2.32 bits per heavy atom. The van der Waals surface area contributed by atoms with Gasteiger partial charge in [-0.2, -0.15) is 0 Å². The van der Waals surface area contributed by atoms with Crippen LogP contribution in [0, 0.1) is 0 Å². The number of ether oxygens (including phenoxy) is 1. The molecule has 1 rings (SSSR count). The lowest BCUT2D eigenvalue weighted by Crippen LogP contribution is -2.35. The molecule has 0 amide bonds. The van der Waals surface area contributed by atoms with Crippen molar-refractivity contribution in [3.05, 3.63) is 0 Å². The van der Waals surface area contributed by atoms with Crippen LogP contribution < -0.4 is 0 Å². The molecule has 5 nitrogen and oxygen atoms in total. The van der Waals surface area contributed by atoms with Crippen LogP contribution in [0.3, 0.4) is 0 Å². The summed E-state index contributed by atoms with van der Waals surface area (Å²) in [5.41, 5.74) is 0. The molecule has 1 N–H and O–H groups in total. The number of rotatable bonds is 6. The summed E-state index contributed by atoms with van der Waals surface area (Å²) in [5, 5.41) is 8.45. The maximum absolute atomic E-state index is 11.8. The largest absolute Gasteiger partial charge is 0.481 e. The third-order valence-corrected chi connectivity index (χ3v) is 4.57. The number of hydrogen-bond acceptors (Lipinski definition) is 5. The van der Waals surface area contributed by atoms with E-state index in [9.17, 15) is 14.4 Å². The number of hydrogen-bond donors (Lipinski definition) is 1. The molecule has 1 saturated carbocycles. The van der Waals surface area contributed by atoms with Crippen LogP contribution >= 0.6 is 11.8 Å². The highest BCUT2D eigenvalue weighted by Gasteiger charge is 2.36. The zero-order valence-corrected chi connectivity index (χ0v) is 12.0. The summed E-state index contributed by atoms with van der Waals surface area (Å²) in [4.78, 5) is 33.2. The monoisotopic (exact) mass is 288 g/mol. The Labute approximate surface area is 117 Å². The molecule has 0 saturated heterocycles. The topological polar surface area (TPSA) is 80.7 Å². The fourth-order valence-electron chi connectivity index (χ4n) is 2.21. The van der Waals surface area contributed by atoms with Gasteiger partial charge in [0.1, 0.15) is 6.61 Å². The van der Waals surface area contributed by atoms with Gasteiger partial charge < -0.3 is 9.84 Å². The van der Waals surface area contributed by atoms with Gasteiger partial charge in [-0.1, -0.05) is 31.0 Å². The minimum Gasteiger partial charge on any atom is -0.481 e. The van der Waals surface area contributed by atoms with E-state index in [2.05, 4.69) is 0 Å². The molecule has 0 aliphatic heterocycles. The molecule has 0 atom stereocenters. The highest BCUT2D eigenvalue weighted by atomic mass is 32.2. The van der Waals surface area contributed by atoms with E-state index in [-0.39, 0.29) is 35.3 Å². The van der Waals surface area contributed by atoms with Gasteiger partial charge in [-0.05, 0) is 12.8 Å². The van der Waals surface area contributed by atoms with Crippen molar-refractivity contribution in [3.63, 3.8) is 0 Å².